The van der Waals surface area contributed by atoms with Gasteiger partial charge < -0.3 is 10.7 Å². The Kier molecular flexibility index (Phi) is 4.76. The Morgan fingerprint density at radius 3 is 2.78 bits per heavy atom. The van der Waals surface area contributed by atoms with Crippen LogP contribution < -0.4 is 5.73 Å². The van der Waals surface area contributed by atoms with Gasteiger partial charge in [-0.3, -0.25) is 0 Å². The maximum absolute atomic E-state index is 5.73. The number of nitrogens with one attached hydrogen (secondary N) is 1. The van der Waals surface area contributed by atoms with Crippen LogP contribution in [0, 0.1) is 0 Å². The van der Waals surface area contributed by atoms with Gasteiger partial charge in [0, 0.05) is 13.0 Å². The Bertz CT molecular complexity index is 487. The molecule has 0 atom stereocenters. The second-order valence-corrected chi connectivity index (χ2v) is 4.87. The van der Waals surface area contributed by atoms with Crippen LogP contribution in [-0.4, -0.2) is 9.97 Å². The number of nitrogens with zero attached hydrogens (tertiary/aromatic N) is 1. The lowest BCUT2D eigenvalue weighted by atomic mass is 10.1. The fraction of sp³-hybridized carbons (Fsp3) is 0.533. The molecule has 1 aromatic heterocycles. The van der Waals surface area contributed by atoms with E-state index in [0.717, 1.165) is 28.8 Å². The highest BCUT2D eigenvalue weighted by Gasteiger charge is 2.05. The van der Waals surface area contributed by atoms with Crippen molar-refractivity contribution in [3.8, 4) is 0 Å². The van der Waals surface area contributed by atoms with Gasteiger partial charge >= 0.3 is 0 Å². The molecule has 0 aliphatic carbocycles. The van der Waals surface area contributed by atoms with E-state index in [9.17, 15) is 0 Å². The van der Waals surface area contributed by atoms with Crippen LogP contribution >= 0.6 is 0 Å². The SMILES string of the molecule is CCCCCCCc1nc2c(CN)cccc2[nH]1. The minimum atomic E-state index is 0.554. The molecule has 18 heavy (non-hydrogen) atoms. The number of benzene rings is 1. The standard InChI is InChI=1S/C15H23N3/c1-2-3-4-5-6-10-14-17-13-9-7-8-12(11-16)15(13)18-14/h7-9H,2-6,10-11,16H2,1H3,(H,17,18). The van der Waals surface area contributed by atoms with Crippen molar-refractivity contribution in [3.05, 3.63) is 29.6 Å². The average molecular weight is 245 g/mol. The monoisotopic (exact) mass is 245 g/mol. The molecule has 1 aromatic carbocycles. The topological polar surface area (TPSA) is 54.7 Å². The molecule has 0 spiro atoms. The highest BCUT2D eigenvalue weighted by molar-refractivity contribution is 5.78. The van der Waals surface area contributed by atoms with E-state index in [1.165, 1.54) is 32.1 Å². The van der Waals surface area contributed by atoms with E-state index >= 15 is 0 Å². The summed E-state index contributed by atoms with van der Waals surface area (Å²) in [7, 11) is 0. The molecule has 0 saturated carbocycles. The third-order valence-corrected chi connectivity index (χ3v) is 3.38. The third kappa shape index (κ3) is 3.10. The number of aromatic nitrogens is 2. The van der Waals surface area contributed by atoms with Gasteiger partial charge in [0.05, 0.1) is 11.0 Å². The summed E-state index contributed by atoms with van der Waals surface area (Å²) in [6.45, 7) is 2.80. The molecule has 2 aromatic rings. The largest absolute Gasteiger partial charge is 0.342 e. The van der Waals surface area contributed by atoms with Gasteiger partial charge in [-0.15, -0.1) is 0 Å². The number of rotatable bonds is 7. The second-order valence-electron chi connectivity index (χ2n) is 4.87. The van der Waals surface area contributed by atoms with Crippen LogP contribution in [0.1, 0.15) is 50.4 Å². The van der Waals surface area contributed by atoms with E-state index in [2.05, 4.69) is 23.0 Å². The molecule has 0 fully saturated rings. The summed E-state index contributed by atoms with van der Waals surface area (Å²) < 4.78 is 0. The predicted molar refractivity (Wildman–Crippen MR) is 76.4 cm³/mol. The molecule has 98 valence electrons. The summed E-state index contributed by atoms with van der Waals surface area (Å²) in [5.74, 6) is 1.10. The van der Waals surface area contributed by atoms with Gasteiger partial charge in [-0.05, 0) is 18.1 Å². The highest BCUT2D eigenvalue weighted by atomic mass is 14.9. The van der Waals surface area contributed by atoms with Crippen molar-refractivity contribution in [1.82, 2.24) is 9.97 Å². The Morgan fingerprint density at radius 1 is 1.17 bits per heavy atom. The summed E-state index contributed by atoms with van der Waals surface area (Å²) in [4.78, 5) is 8.06. The number of hydrogen-bond acceptors (Lipinski definition) is 2. The number of nitrogens with two attached hydrogens (primary N) is 1. The maximum Gasteiger partial charge on any atom is 0.107 e. The van der Waals surface area contributed by atoms with Gasteiger partial charge in [0.15, 0.2) is 0 Å². The van der Waals surface area contributed by atoms with Crippen molar-refractivity contribution < 1.29 is 0 Å². The van der Waals surface area contributed by atoms with Gasteiger partial charge in [-0.25, -0.2) is 4.98 Å². The molecule has 0 aliphatic heterocycles. The first-order chi connectivity index (χ1) is 8.85. The molecule has 0 aliphatic rings. The first-order valence-electron chi connectivity index (χ1n) is 7.01. The Morgan fingerprint density at radius 2 is 2.00 bits per heavy atom. The van der Waals surface area contributed by atoms with Gasteiger partial charge in [0.25, 0.3) is 0 Å². The number of aryl methyl sites for hydroxylation is 1. The average Bonchev–Trinajstić information content (AvgIpc) is 2.81. The van der Waals surface area contributed by atoms with Crippen molar-refractivity contribution in [1.29, 1.82) is 0 Å². The lowest BCUT2D eigenvalue weighted by Crippen LogP contribution is -1.96. The van der Waals surface area contributed by atoms with Crippen LogP contribution in [0.5, 0.6) is 0 Å². The summed E-state index contributed by atoms with van der Waals surface area (Å²) in [6, 6.07) is 6.16. The minimum absolute atomic E-state index is 0.554. The zero-order valence-corrected chi connectivity index (χ0v) is 11.2. The van der Waals surface area contributed by atoms with Crippen molar-refractivity contribution in [2.45, 2.75) is 52.0 Å². The van der Waals surface area contributed by atoms with Crippen molar-refractivity contribution in [2.75, 3.05) is 0 Å². The molecule has 3 heteroatoms. The molecule has 0 saturated heterocycles. The van der Waals surface area contributed by atoms with E-state index in [-0.39, 0.29) is 0 Å². The molecule has 3 N–H and O–H groups in total. The lowest BCUT2D eigenvalue weighted by Gasteiger charge is -1.97. The number of imidazole rings is 1. The zero-order chi connectivity index (χ0) is 12.8. The Balaban J connectivity index is 1.97. The summed E-state index contributed by atoms with van der Waals surface area (Å²) in [5.41, 5.74) is 9.01. The van der Waals surface area contributed by atoms with Gasteiger partial charge in [0.1, 0.15) is 5.82 Å². The van der Waals surface area contributed by atoms with Gasteiger partial charge in [0.2, 0.25) is 0 Å². The summed E-state index contributed by atoms with van der Waals surface area (Å²) in [6.07, 6.45) is 7.54. The molecular formula is C15H23N3. The van der Waals surface area contributed by atoms with Crippen LogP contribution in [0.15, 0.2) is 18.2 Å². The summed E-state index contributed by atoms with van der Waals surface area (Å²) >= 11 is 0. The number of hydrogen-bond donors (Lipinski definition) is 2. The van der Waals surface area contributed by atoms with Gasteiger partial charge in [-0.2, -0.15) is 0 Å². The van der Waals surface area contributed by atoms with Crippen LogP contribution in [0.25, 0.3) is 11.0 Å². The fourth-order valence-corrected chi connectivity index (χ4v) is 2.32. The van der Waals surface area contributed by atoms with E-state index < -0.39 is 0 Å². The molecule has 0 unspecified atom stereocenters. The Labute approximate surface area is 109 Å². The van der Waals surface area contributed by atoms with Crippen molar-refractivity contribution in [3.63, 3.8) is 0 Å². The first-order valence-corrected chi connectivity index (χ1v) is 7.01. The normalized spacial score (nSPS) is 11.2. The van der Waals surface area contributed by atoms with Crippen LogP contribution in [-0.2, 0) is 13.0 Å². The predicted octanol–water partition coefficient (Wildman–Crippen LogP) is 3.53. The van der Waals surface area contributed by atoms with Gasteiger partial charge in [-0.1, -0.05) is 44.7 Å². The molecular weight excluding hydrogens is 222 g/mol. The van der Waals surface area contributed by atoms with Crippen LogP contribution in [0.4, 0.5) is 0 Å². The zero-order valence-electron chi connectivity index (χ0n) is 11.2. The maximum atomic E-state index is 5.73. The smallest absolute Gasteiger partial charge is 0.107 e. The third-order valence-electron chi connectivity index (χ3n) is 3.38. The van der Waals surface area contributed by atoms with E-state index in [0.29, 0.717) is 6.54 Å². The Hall–Kier alpha value is -1.35. The fourth-order valence-electron chi connectivity index (χ4n) is 2.32. The second kappa shape index (κ2) is 6.55. The van der Waals surface area contributed by atoms with Crippen molar-refractivity contribution >= 4 is 11.0 Å². The summed E-state index contributed by atoms with van der Waals surface area (Å²) in [5, 5.41) is 0. The molecule has 3 nitrogen and oxygen atoms in total. The highest BCUT2D eigenvalue weighted by Crippen LogP contribution is 2.17. The molecule has 0 amide bonds. The number of unbranched alkanes of at least 4 members (excludes halogenated alkanes) is 4. The molecule has 0 bridgehead atoms. The minimum Gasteiger partial charge on any atom is -0.342 e. The number of aromatic amines is 1. The number of fused-ring (bicyclic) bond motifs is 1. The van der Waals surface area contributed by atoms with E-state index in [4.69, 9.17) is 5.73 Å². The quantitative estimate of drug-likeness (QED) is 0.733. The van der Waals surface area contributed by atoms with E-state index in [1.807, 2.05) is 12.1 Å². The van der Waals surface area contributed by atoms with E-state index in [1.54, 1.807) is 0 Å². The lowest BCUT2D eigenvalue weighted by molar-refractivity contribution is 0.625. The molecule has 1 heterocycles. The van der Waals surface area contributed by atoms with Crippen molar-refractivity contribution in [2.24, 2.45) is 5.73 Å². The molecule has 0 radical (unpaired) electrons. The number of H-pyrrole nitrogens is 1. The number of para-hydroxylation sites is 1. The first kappa shape index (κ1) is 13.1. The van der Waals surface area contributed by atoms with Crippen LogP contribution in [0.3, 0.4) is 0 Å². The molecule has 2 rings (SSSR count). The van der Waals surface area contributed by atoms with Crippen LogP contribution in [0.2, 0.25) is 0 Å².